The molecule has 0 unspecified atom stereocenters. The zero-order chi connectivity index (χ0) is 26.4. The van der Waals surface area contributed by atoms with E-state index >= 15 is 0 Å². The Bertz CT molecular complexity index is 1360. The van der Waals surface area contributed by atoms with Crippen molar-refractivity contribution in [2.24, 2.45) is 0 Å². The van der Waals surface area contributed by atoms with Crippen LogP contribution in [0.5, 0.6) is 0 Å². The van der Waals surface area contributed by atoms with E-state index < -0.39 is 0 Å². The van der Waals surface area contributed by atoms with E-state index in [1.54, 1.807) is 24.3 Å². The van der Waals surface area contributed by atoms with E-state index in [0.29, 0.717) is 23.5 Å². The van der Waals surface area contributed by atoms with Crippen molar-refractivity contribution in [1.29, 1.82) is 0 Å². The number of aromatic nitrogens is 2. The highest BCUT2D eigenvalue weighted by atomic mass is 16.2. The first-order valence-electron chi connectivity index (χ1n) is 12.6. The fraction of sp³-hybridized carbons (Fsp3) is 0.276. The Balaban J connectivity index is 1.41. The fourth-order valence-electron chi connectivity index (χ4n) is 4.08. The van der Waals surface area contributed by atoms with Gasteiger partial charge in [0.15, 0.2) is 0 Å². The number of rotatable bonds is 10. The van der Waals surface area contributed by atoms with E-state index in [4.69, 9.17) is 0 Å². The Kier molecular flexibility index (Phi) is 8.20. The first-order valence-corrected chi connectivity index (χ1v) is 12.6. The Hall–Kier alpha value is -4.17. The minimum absolute atomic E-state index is 0.106. The summed E-state index contributed by atoms with van der Waals surface area (Å²) in [5.41, 5.74) is 5.36. The molecule has 0 fully saturated rings. The van der Waals surface area contributed by atoms with Crippen LogP contribution in [0.15, 0.2) is 66.7 Å². The highest BCUT2D eigenvalue weighted by Gasteiger charge is 2.12. The van der Waals surface area contributed by atoms with Gasteiger partial charge in [0.2, 0.25) is 0 Å². The van der Waals surface area contributed by atoms with Crippen molar-refractivity contribution in [2.45, 2.75) is 13.8 Å². The van der Waals surface area contributed by atoms with E-state index in [1.165, 1.54) is 0 Å². The van der Waals surface area contributed by atoms with Gasteiger partial charge in [-0.25, -0.2) is 4.98 Å². The number of benzene rings is 3. The van der Waals surface area contributed by atoms with Crippen LogP contribution in [0.2, 0.25) is 0 Å². The molecular formula is C29H34N6O2. The third kappa shape index (κ3) is 6.34. The van der Waals surface area contributed by atoms with Gasteiger partial charge in [0.1, 0.15) is 5.82 Å². The van der Waals surface area contributed by atoms with E-state index in [0.717, 1.165) is 47.6 Å². The molecule has 8 nitrogen and oxygen atoms in total. The maximum atomic E-state index is 12.7. The van der Waals surface area contributed by atoms with Crippen LogP contribution in [0.25, 0.3) is 22.4 Å². The number of hydrogen-bond donors (Lipinski definition) is 3. The maximum Gasteiger partial charge on any atom is 0.255 e. The molecule has 2 amide bonds. The molecule has 0 atom stereocenters. The third-order valence-corrected chi connectivity index (χ3v) is 6.42. The number of anilines is 2. The second-order valence-corrected chi connectivity index (χ2v) is 9.07. The van der Waals surface area contributed by atoms with Gasteiger partial charge in [-0.05, 0) is 67.7 Å². The molecule has 0 aliphatic heterocycles. The predicted molar refractivity (Wildman–Crippen MR) is 150 cm³/mol. The maximum absolute atomic E-state index is 12.7. The molecule has 4 aromatic rings. The Morgan fingerprint density at radius 2 is 1.54 bits per heavy atom. The topological polar surface area (TPSA) is 93.4 Å². The zero-order valence-electron chi connectivity index (χ0n) is 21.8. The van der Waals surface area contributed by atoms with Gasteiger partial charge in [0.05, 0.1) is 11.0 Å². The van der Waals surface area contributed by atoms with E-state index in [2.05, 4.69) is 39.3 Å². The zero-order valence-corrected chi connectivity index (χ0v) is 21.8. The van der Waals surface area contributed by atoms with Gasteiger partial charge in [0, 0.05) is 55.2 Å². The third-order valence-electron chi connectivity index (χ3n) is 6.42. The average molecular weight is 499 g/mol. The van der Waals surface area contributed by atoms with Crippen molar-refractivity contribution in [3.63, 3.8) is 0 Å². The highest BCUT2D eigenvalue weighted by molar-refractivity contribution is 6.04. The van der Waals surface area contributed by atoms with Crippen LogP contribution in [-0.4, -0.2) is 67.0 Å². The number of nitrogens with zero attached hydrogens (tertiary/aromatic N) is 3. The van der Waals surface area contributed by atoms with Crippen LogP contribution in [0, 0.1) is 0 Å². The van der Waals surface area contributed by atoms with Gasteiger partial charge in [-0.15, -0.1) is 0 Å². The standard InChI is InChI=1S/C29H34N6O2/c1-5-35(6-2)18-17-30-28(36)22-11-16-25-26(19-22)33-27(32-25)20-7-9-21(10-8-20)29(37)31-23-12-14-24(15-13-23)34(3)4/h7-16,19H,5-6,17-18H2,1-4H3,(H,30,36)(H,31,37)(H,32,33). The van der Waals surface area contributed by atoms with Gasteiger partial charge in [-0.1, -0.05) is 26.0 Å². The molecule has 192 valence electrons. The SMILES string of the molecule is CCN(CC)CCNC(=O)c1ccc2[nH]c(-c3ccc(C(=O)Nc4ccc(N(C)C)cc4)cc3)nc2c1. The van der Waals surface area contributed by atoms with Crippen molar-refractivity contribution in [1.82, 2.24) is 20.2 Å². The van der Waals surface area contributed by atoms with Crippen LogP contribution in [0.3, 0.4) is 0 Å². The van der Waals surface area contributed by atoms with Crippen molar-refractivity contribution in [3.8, 4) is 11.4 Å². The average Bonchev–Trinajstić information content (AvgIpc) is 3.35. The van der Waals surface area contributed by atoms with Gasteiger partial charge in [-0.2, -0.15) is 0 Å². The van der Waals surface area contributed by atoms with E-state index in [9.17, 15) is 9.59 Å². The van der Waals surface area contributed by atoms with Crippen LogP contribution in [0.4, 0.5) is 11.4 Å². The summed E-state index contributed by atoms with van der Waals surface area (Å²) in [5, 5.41) is 5.91. The minimum Gasteiger partial charge on any atom is -0.378 e. The number of amides is 2. The van der Waals surface area contributed by atoms with Crippen molar-refractivity contribution >= 4 is 34.2 Å². The number of hydrogen-bond acceptors (Lipinski definition) is 5. The van der Waals surface area contributed by atoms with Gasteiger partial charge in [-0.3, -0.25) is 9.59 Å². The summed E-state index contributed by atoms with van der Waals surface area (Å²) in [4.78, 5) is 37.5. The molecule has 0 saturated carbocycles. The lowest BCUT2D eigenvalue weighted by atomic mass is 10.1. The summed E-state index contributed by atoms with van der Waals surface area (Å²) in [6.07, 6.45) is 0. The van der Waals surface area contributed by atoms with Crippen LogP contribution in [0.1, 0.15) is 34.6 Å². The quantitative estimate of drug-likeness (QED) is 0.297. The smallest absolute Gasteiger partial charge is 0.255 e. The normalized spacial score (nSPS) is 11.1. The molecule has 37 heavy (non-hydrogen) atoms. The first kappa shape index (κ1) is 25.9. The van der Waals surface area contributed by atoms with Crippen LogP contribution in [-0.2, 0) is 0 Å². The van der Waals surface area contributed by atoms with Crippen molar-refractivity contribution in [3.05, 3.63) is 77.9 Å². The Labute approximate surface area is 217 Å². The molecule has 3 N–H and O–H groups in total. The molecule has 3 aromatic carbocycles. The number of nitrogens with one attached hydrogen (secondary N) is 3. The summed E-state index contributed by atoms with van der Waals surface area (Å²) in [6, 6.07) is 20.4. The summed E-state index contributed by atoms with van der Waals surface area (Å²) in [6.45, 7) is 7.58. The lowest BCUT2D eigenvalue weighted by molar-refractivity contribution is 0.0948. The van der Waals surface area contributed by atoms with Gasteiger partial charge in [0.25, 0.3) is 11.8 Å². The molecule has 8 heteroatoms. The lowest BCUT2D eigenvalue weighted by Gasteiger charge is -2.17. The van der Waals surface area contributed by atoms with Crippen molar-refractivity contribution in [2.75, 3.05) is 50.5 Å². The number of carbonyl (C=O) groups excluding carboxylic acids is 2. The number of fused-ring (bicyclic) bond motifs is 1. The first-order chi connectivity index (χ1) is 17.9. The Morgan fingerprint density at radius 3 is 2.19 bits per heavy atom. The van der Waals surface area contributed by atoms with E-state index in [-0.39, 0.29) is 11.8 Å². The minimum atomic E-state index is -0.176. The fourth-order valence-corrected chi connectivity index (χ4v) is 4.08. The second-order valence-electron chi connectivity index (χ2n) is 9.07. The Morgan fingerprint density at radius 1 is 0.865 bits per heavy atom. The lowest BCUT2D eigenvalue weighted by Crippen LogP contribution is -2.34. The predicted octanol–water partition coefficient (Wildman–Crippen LogP) is 4.62. The molecule has 0 saturated heterocycles. The number of aromatic amines is 1. The molecule has 0 aliphatic carbocycles. The van der Waals surface area contributed by atoms with Crippen LogP contribution < -0.4 is 15.5 Å². The molecule has 0 bridgehead atoms. The van der Waals surface area contributed by atoms with Crippen molar-refractivity contribution < 1.29 is 9.59 Å². The molecule has 0 radical (unpaired) electrons. The van der Waals surface area contributed by atoms with E-state index in [1.807, 2.05) is 61.5 Å². The monoisotopic (exact) mass is 498 g/mol. The highest BCUT2D eigenvalue weighted by Crippen LogP contribution is 2.23. The van der Waals surface area contributed by atoms with Crippen LogP contribution >= 0.6 is 0 Å². The summed E-state index contributed by atoms with van der Waals surface area (Å²) in [7, 11) is 3.95. The molecule has 1 heterocycles. The number of imidazole rings is 1. The molecular weight excluding hydrogens is 464 g/mol. The molecule has 1 aromatic heterocycles. The second kappa shape index (κ2) is 11.7. The van der Waals surface area contributed by atoms with Gasteiger partial charge >= 0.3 is 0 Å². The summed E-state index contributed by atoms with van der Waals surface area (Å²) in [5.74, 6) is 0.399. The molecule has 0 aliphatic rings. The summed E-state index contributed by atoms with van der Waals surface area (Å²) >= 11 is 0. The van der Waals surface area contributed by atoms with Gasteiger partial charge < -0.3 is 25.4 Å². The number of H-pyrrole nitrogens is 1. The molecule has 4 rings (SSSR count). The summed E-state index contributed by atoms with van der Waals surface area (Å²) < 4.78 is 0. The number of likely N-dealkylation sites (N-methyl/N-ethyl adjacent to an activating group) is 1. The molecule has 0 spiro atoms. The number of carbonyl (C=O) groups is 2. The largest absolute Gasteiger partial charge is 0.378 e.